The minimum absolute atomic E-state index is 0.0719. The fraction of sp³-hybridized carbons (Fsp3) is 0.300. The Hall–Kier alpha value is -2.70. The van der Waals surface area contributed by atoms with Crippen LogP contribution in [0.5, 0.6) is 0 Å². The van der Waals surface area contributed by atoms with Crippen molar-refractivity contribution in [3.05, 3.63) is 59.9 Å². The van der Waals surface area contributed by atoms with Gasteiger partial charge in [0.05, 0.1) is 4.88 Å². The predicted octanol–water partition coefficient (Wildman–Crippen LogP) is 3.96. The Kier molecular flexibility index (Phi) is 4.25. The fourth-order valence-corrected chi connectivity index (χ4v) is 7.49. The summed E-state index contributed by atoms with van der Waals surface area (Å²) in [5.41, 5.74) is -1.61. The summed E-state index contributed by atoms with van der Waals surface area (Å²) in [6.07, 6.45) is -4.72. The van der Waals surface area contributed by atoms with Crippen molar-refractivity contribution in [3.8, 4) is 10.6 Å². The van der Waals surface area contributed by atoms with E-state index in [0.717, 1.165) is 5.56 Å². The molecule has 4 unspecified atom stereocenters. The maximum Gasteiger partial charge on any atom is 0.452 e. The lowest BCUT2D eigenvalue weighted by Crippen LogP contribution is -2.52. The Labute approximate surface area is 183 Å². The molecule has 0 spiro atoms. The van der Waals surface area contributed by atoms with Gasteiger partial charge in [-0.25, -0.2) is 8.42 Å². The molecule has 0 aliphatic heterocycles. The largest absolute Gasteiger partial charge is 0.480 e. The number of halogens is 3. The number of carboxylic acids is 1. The number of carbonyl (C=O) groups is 1. The zero-order valence-corrected chi connectivity index (χ0v) is 17.9. The van der Waals surface area contributed by atoms with Crippen molar-refractivity contribution < 1.29 is 36.0 Å². The van der Waals surface area contributed by atoms with E-state index in [1.165, 1.54) is 12.1 Å². The van der Waals surface area contributed by atoms with Crippen LogP contribution in [-0.4, -0.2) is 30.2 Å². The van der Waals surface area contributed by atoms with Gasteiger partial charge < -0.3 is 9.63 Å². The monoisotopic (exact) mass is 484 g/mol. The summed E-state index contributed by atoms with van der Waals surface area (Å²) in [7, 11) is -4.25. The van der Waals surface area contributed by atoms with Crippen molar-refractivity contribution in [3.63, 3.8) is 0 Å². The summed E-state index contributed by atoms with van der Waals surface area (Å²) in [5.74, 6) is -3.03. The number of benzene rings is 1. The predicted molar refractivity (Wildman–Crippen MR) is 106 cm³/mol. The number of sulfonamides is 1. The van der Waals surface area contributed by atoms with Gasteiger partial charge in [0.25, 0.3) is 10.0 Å². The maximum atomic E-state index is 13.0. The Morgan fingerprint density at radius 3 is 2.44 bits per heavy atom. The highest BCUT2D eigenvalue weighted by molar-refractivity contribution is 7.91. The lowest BCUT2D eigenvalue weighted by molar-refractivity contribution is -0.155. The van der Waals surface area contributed by atoms with E-state index >= 15 is 0 Å². The molecule has 2 heterocycles. The molecule has 2 saturated carbocycles. The van der Waals surface area contributed by atoms with Crippen molar-refractivity contribution in [2.24, 2.45) is 11.3 Å². The van der Waals surface area contributed by atoms with Gasteiger partial charge in [0, 0.05) is 17.4 Å². The minimum atomic E-state index is -4.72. The van der Waals surface area contributed by atoms with Gasteiger partial charge in [0.1, 0.15) is 15.4 Å². The highest BCUT2D eigenvalue weighted by Gasteiger charge is 2.97. The molecular formula is C20H15F3N2O5S2. The van der Waals surface area contributed by atoms with Gasteiger partial charge in [-0.05, 0) is 23.6 Å². The average molecular weight is 484 g/mol. The number of nitrogens with one attached hydrogen (secondary N) is 1. The molecule has 2 fully saturated rings. The molecule has 2 aromatic heterocycles. The molecule has 0 bridgehead atoms. The van der Waals surface area contributed by atoms with Gasteiger partial charge in [-0.1, -0.05) is 42.4 Å². The topological polar surface area (TPSA) is 110 Å². The second-order valence-corrected chi connectivity index (χ2v) is 11.1. The Morgan fingerprint density at radius 1 is 1.22 bits per heavy atom. The number of alkyl halides is 3. The molecule has 4 atom stereocenters. The second-order valence-electron chi connectivity index (χ2n) is 8.06. The highest BCUT2D eigenvalue weighted by Crippen LogP contribution is 2.89. The van der Waals surface area contributed by atoms with Crippen molar-refractivity contribution in [2.75, 3.05) is 0 Å². The molecule has 3 aromatic rings. The number of thiophene rings is 1. The molecule has 1 aromatic carbocycles. The van der Waals surface area contributed by atoms with E-state index < -0.39 is 44.8 Å². The molecule has 2 aliphatic carbocycles. The molecule has 2 aliphatic rings. The first-order valence-corrected chi connectivity index (χ1v) is 11.7. The number of hydrogen-bond donors (Lipinski definition) is 2. The number of nitrogens with zero attached hydrogens (tertiary/aromatic N) is 1. The summed E-state index contributed by atoms with van der Waals surface area (Å²) in [5, 5.41) is 13.2. The fourth-order valence-electron chi connectivity index (χ4n) is 4.76. The molecule has 0 amide bonds. The van der Waals surface area contributed by atoms with Gasteiger partial charge in [-0.3, -0.25) is 4.79 Å². The summed E-state index contributed by atoms with van der Waals surface area (Å²) >= 11 is 0.676. The van der Waals surface area contributed by atoms with Crippen LogP contribution in [-0.2, 0) is 21.0 Å². The first-order chi connectivity index (χ1) is 14.9. The third-order valence-electron chi connectivity index (χ3n) is 6.43. The van der Waals surface area contributed by atoms with Crippen molar-refractivity contribution >= 4 is 27.3 Å². The number of rotatable bonds is 6. The van der Waals surface area contributed by atoms with E-state index in [2.05, 4.69) is 14.4 Å². The average Bonchev–Trinajstić information content (AvgIpc) is 3.24. The van der Waals surface area contributed by atoms with Crippen LogP contribution >= 0.6 is 11.3 Å². The van der Waals surface area contributed by atoms with Crippen LogP contribution in [0, 0.1) is 11.3 Å². The molecule has 5 rings (SSSR count). The number of aliphatic carboxylic acids is 1. The Bertz CT molecular complexity index is 1330. The van der Waals surface area contributed by atoms with E-state index in [1.807, 2.05) is 30.3 Å². The number of carboxylic acid groups (broad SMARTS) is 1. The van der Waals surface area contributed by atoms with Gasteiger partial charge in [0.15, 0.2) is 0 Å². The van der Waals surface area contributed by atoms with Crippen LogP contribution in [0.3, 0.4) is 0 Å². The second kappa shape index (κ2) is 6.42. The van der Waals surface area contributed by atoms with E-state index in [0.29, 0.717) is 17.4 Å². The molecule has 2 N–H and O–H groups in total. The molecule has 168 valence electrons. The minimum Gasteiger partial charge on any atom is -0.480 e. The third-order valence-corrected chi connectivity index (χ3v) is 9.50. The molecule has 0 radical (unpaired) electrons. The summed E-state index contributed by atoms with van der Waals surface area (Å²) < 4.78 is 70.5. The Morgan fingerprint density at radius 2 is 1.88 bits per heavy atom. The van der Waals surface area contributed by atoms with Crippen LogP contribution in [0.2, 0.25) is 0 Å². The first-order valence-electron chi connectivity index (χ1n) is 9.39. The lowest BCUT2D eigenvalue weighted by Gasteiger charge is -2.27. The molecule has 12 heteroatoms. The summed E-state index contributed by atoms with van der Waals surface area (Å²) in [6, 6.07) is 12.4. The van der Waals surface area contributed by atoms with E-state index in [1.54, 1.807) is 6.92 Å². The quantitative estimate of drug-likeness (QED) is 0.548. The van der Waals surface area contributed by atoms with Gasteiger partial charge in [-0.2, -0.15) is 17.9 Å². The van der Waals surface area contributed by atoms with Crippen molar-refractivity contribution in [2.45, 2.75) is 28.8 Å². The number of aromatic nitrogens is 1. The van der Waals surface area contributed by atoms with Crippen LogP contribution in [0.4, 0.5) is 13.2 Å². The molecular weight excluding hydrogens is 469 g/mol. The first kappa shape index (κ1) is 21.2. The standard InChI is InChI=1S/C20H15F3N2O5S2/c1-18-15(10-5-3-2-4-6-10)16(18)19(18,17(26)27)25-32(28,29)14-8-7-12(31-14)11-9-13(30-24-11)20(21,22)23/h2-9,15-16,25H,1H3,(H,26,27). The van der Waals surface area contributed by atoms with E-state index in [4.69, 9.17) is 0 Å². The lowest BCUT2D eigenvalue weighted by atomic mass is 9.86. The zero-order chi connectivity index (χ0) is 23.1. The zero-order valence-electron chi connectivity index (χ0n) is 16.3. The maximum absolute atomic E-state index is 13.0. The van der Waals surface area contributed by atoms with Crippen LogP contribution in [0.1, 0.15) is 24.2 Å². The summed E-state index contributed by atoms with van der Waals surface area (Å²) in [4.78, 5) is 12.2. The van der Waals surface area contributed by atoms with Crippen LogP contribution < -0.4 is 4.72 Å². The van der Waals surface area contributed by atoms with Gasteiger partial charge in [-0.15, -0.1) is 11.3 Å². The third kappa shape index (κ3) is 2.79. The van der Waals surface area contributed by atoms with Crippen molar-refractivity contribution in [1.82, 2.24) is 9.88 Å². The van der Waals surface area contributed by atoms with E-state index in [-0.39, 0.29) is 20.7 Å². The summed E-state index contributed by atoms with van der Waals surface area (Å²) in [6.45, 7) is 1.74. The number of hydrogen-bond acceptors (Lipinski definition) is 6. The SMILES string of the molecule is CC12C(c3ccccc3)C1C2(NS(=O)(=O)c1ccc(-c2cc(C(F)(F)F)on2)s1)C(=O)O. The van der Waals surface area contributed by atoms with Gasteiger partial charge in [0.2, 0.25) is 5.76 Å². The molecule has 32 heavy (non-hydrogen) atoms. The number of fused-ring (bicyclic) bond motifs is 1. The van der Waals surface area contributed by atoms with Crippen molar-refractivity contribution in [1.29, 1.82) is 0 Å². The Balaban J connectivity index is 1.39. The highest BCUT2D eigenvalue weighted by atomic mass is 32.2. The van der Waals surface area contributed by atoms with Crippen LogP contribution in [0.25, 0.3) is 10.6 Å². The molecule has 0 saturated heterocycles. The van der Waals surface area contributed by atoms with Gasteiger partial charge >= 0.3 is 12.1 Å². The smallest absolute Gasteiger partial charge is 0.452 e. The normalized spacial score (nSPS) is 28.9. The molecule has 7 nitrogen and oxygen atoms in total. The van der Waals surface area contributed by atoms with Crippen LogP contribution in [0.15, 0.2) is 57.3 Å². The van der Waals surface area contributed by atoms with E-state index in [9.17, 15) is 31.5 Å².